The first kappa shape index (κ1) is 15.2. The van der Waals surface area contributed by atoms with Crippen LogP contribution in [-0.2, 0) is 6.42 Å². The number of nitrogens with zero attached hydrogens (tertiary/aromatic N) is 2. The molecule has 1 heterocycles. The Bertz CT molecular complexity index is 529. The average Bonchev–Trinajstić information content (AvgIpc) is 2.88. The van der Waals surface area contributed by atoms with Gasteiger partial charge >= 0.3 is 0 Å². The molecule has 1 aromatic carbocycles. The Morgan fingerprint density at radius 3 is 2.70 bits per heavy atom. The third-order valence-electron chi connectivity index (χ3n) is 3.03. The van der Waals surface area contributed by atoms with Crippen LogP contribution in [0, 0.1) is 0 Å². The van der Waals surface area contributed by atoms with Crippen LogP contribution in [0.4, 0.5) is 5.13 Å². The van der Waals surface area contributed by atoms with Gasteiger partial charge in [0.2, 0.25) is 5.13 Å². The number of rotatable bonds is 7. The van der Waals surface area contributed by atoms with Crippen molar-refractivity contribution in [3.8, 4) is 0 Å². The zero-order chi connectivity index (χ0) is 14.4. The van der Waals surface area contributed by atoms with Crippen molar-refractivity contribution >= 4 is 28.1 Å². The van der Waals surface area contributed by atoms with E-state index in [2.05, 4.69) is 22.4 Å². The molecular weight excluding hydrogens is 294 g/mol. The topological polar surface area (TPSA) is 58.0 Å². The van der Waals surface area contributed by atoms with Gasteiger partial charge in [-0.05, 0) is 30.5 Å². The lowest BCUT2D eigenvalue weighted by molar-refractivity contribution is 0.278. The van der Waals surface area contributed by atoms with E-state index in [0.717, 1.165) is 34.4 Å². The number of halogens is 1. The number of nitrogens with one attached hydrogen (secondary N) is 1. The highest BCUT2D eigenvalue weighted by Gasteiger charge is 2.10. The molecule has 2 aromatic rings. The van der Waals surface area contributed by atoms with Crippen molar-refractivity contribution in [3.05, 3.63) is 39.9 Å². The molecule has 0 saturated heterocycles. The normalized spacial score (nSPS) is 12.3. The van der Waals surface area contributed by atoms with E-state index in [1.165, 1.54) is 5.56 Å². The largest absolute Gasteiger partial charge is 0.396 e. The molecule has 20 heavy (non-hydrogen) atoms. The molecule has 0 saturated carbocycles. The molecule has 0 aliphatic rings. The Hall–Kier alpha value is -1.17. The summed E-state index contributed by atoms with van der Waals surface area (Å²) in [5.74, 6) is 0. The van der Waals surface area contributed by atoms with E-state index < -0.39 is 0 Å². The SMILES string of the molecule is CCC(CCO)Nc1nnc(Cc2ccc(Cl)cc2)s1. The van der Waals surface area contributed by atoms with E-state index in [0.29, 0.717) is 0 Å². The van der Waals surface area contributed by atoms with Crippen molar-refractivity contribution in [3.63, 3.8) is 0 Å². The Morgan fingerprint density at radius 1 is 1.30 bits per heavy atom. The van der Waals surface area contributed by atoms with E-state index >= 15 is 0 Å². The maximum Gasteiger partial charge on any atom is 0.205 e. The second kappa shape index (κ2) is 7.57. The molecule has 6 heteroatoms. The van der Waals surface area contributed by atoms with Gasteiger partial charge in [-0.25, -0.2) is 0 Å². The molecule has 0 amide bonds. The number of aromatic nitrogens is 2. The minimum Gasteiger partial charge on any atom is -0.396 e. The Morgan fingerprint density at radius 2 is 2.05 bits per heavy atom. The second-order valence-electron chi connectivity index (χ2n) is 4.57. The Balaban J connectivity index is 1.96. The summed E-state index contributed by atoms with van der Waals surface area (Å²) in [6.07, 6.45) is 2.43. The van der Waals surface area contributed by atoms with Crippen LogP contribution in [0.15, 0.2) is 24.3 Å². The zero-order valence-corrected chi connectivity index (χ0v) is 12.9. The van der Waals surface area contributed by atoms with Crippen molar-refractivity contribution in [1.82, 2.24) is 10.2 Å². The molecule has 0 aliphatic carbocycles. The van der Waals surface area contributed by atoms with Crippen LogP contribution in [0.3, 0.4) is 0 Å². The minimum absolute atomic E-state index is 0.182. The van der Waals surface area contributed by atoms with Crippen molar-refractivity contribution in [2.24, 2.45) is 0 Å². The fraction of sp³-hybridized carbons (Fsp3) is 0.429. The predicted molar refractivity (Wildman–Crippen MR) is 83.6 cm³/mol. The van der Waals surface area contributed by atoms with E-state index in [-0.39, 0.29) is 12.6 Å². The number of hydrogen-bond acceptors (Lipinski definition) is 5. The van der Waals surface area contributed by atoms with E-state index in [4.69, 9.17) is 16.7 Å². The summed E-state index contributed by atoms with van der Waals surface area (Å²) in [5, 5.41) is 23.2. The van der Waals surface area contributed by atoms with Crippen LogP contribution >= 0.6 is 22.9 Å². The second-order valence-corrected chi connectivity index (χ2v) is 6.06. The van der Waals surface area contributed by atoms with Crippen LogP contribution in [0.25, 0.3) is 0 Å². The fourth-order valence-electron chi connectivity index (χ4n) is 1.87. The molecule has 108 valence electrons. The molecule has 0 fully saturated rings. The van der Waals surface area contributed by atoms with Gasteiger partial charge in [0.15, 0.2) is 0 Å². The molecule has 4 nitrogen and oxygen atoms in total. The van der Waals surface area contributed by atoms with Gasteiger partial charge in [-0.2, -0.15) is 0 Å². The zero-order valence-electron chi connectivity index (χ0n) is 11.3. The standard InChI is InChI=1S/C14H18ClN3OS/c1-2-12(7-8-19)16-14-18-17-13(20-14)9-10-3-5-11(15)6-4-10/h3-6,12,19H,2,7-9H2,1H3,(H,16,18). The summed E-state index contributed by atoms with van der Waals surface area (Å²) in [6, 6.07) is 8.00. The van der Waals surface area contributed by atoms with Gasteiger partial charge in [-0.3, -0.25) is 0 Å². The predicted octanol–water partition coefficient (Wildman–Crippen LogP) is 3.36. The van der Waals surface area contributed by atoms with Gasteiger partial charge in [0.05, 0.1) is 0 Å². The molecule has 1 aromatic heterocycles. The number of benzene rings is 1. The Labute approximate surface area is 127 Å². The first-order valence-corrected chi connectivity index (χ1v) is 7.85. The molecule has 0 bridgehead atoms. The van der Waals surface area contributed by atoms with Crippen LogP contribution < -0.4 is 5.32 Å². The third kappa shape index (κ3) is 4.44. The van der Waals surface area contributed by atoms with Crippen molar-refractivity contribution in [2.75, 3.05) is 11.9 Å². The number of hydrogen-bond donors (Lipinski definition) is 2. The van der Waals surface area contributed by atoms with Gasteiger partial charge in [0.1, 0.15) is 5.01 Å². The molecule has 0 spiro atoms. The smallest absolute Gasteiger partial charge is 0.205 e. The summed E-state index contributed by atoms with van der Waals surface area (Å²) in [4.78, 5) is 0. The molecular formula is C14H18ClN3OS. The molecule has 1 unspecified atom stereocenters. The summed E-state index contributed by atoms with van der Waals surface area (Å²) in [7, 11) is 0. The highest BCUT2D eigenvalue weighted by Crippen LogP contribution is 2.21. The number of aliphatic hydroxyl groups is 1. The van der Waals surface area contributed by atoms with Crippen molar-refractivity contribution < 1.29 is 5.11 Å². The summed E-state index contributed by atoms with van der Waals surface area (Å²) in [6.45, 7) is 2.27. The highest BCUT2D eigenvalue weighted by molar-refractivity contribution is 7.15. The van der Waals surface area contributed by atoms with Crippen LogP contribution in [0.2, 0.25) is 5.02 Å². The van der Waals surface area contributed by atoms with Gasteiger partial charge in [0.25, 0.3) is 0 Å². The molecule has 2 N–H and O–H groups in total. The monoisotopic (exact) mass is 311 g/mol. The van der Waals surface area contributed by atoms with E-state index in [1.54, 1.807) is 11.3 Å². The van der Waals surface area contributed by atoms with Crippen LogP contribution in [0.5, 0.6) is 0 Å². The first-order valence-electron chi connectivity index (χ1n) is 6.65. The quantitative estimate of drug-likeness (QED) is 0.823. The summed E-state index contributed by atoms with van der Waals surface area (Å²) in [5.41, 5.74) is 1.17. The molecule has 0 aliphatic heterocycles. The molecule has 2 rings (SSSR count). The van der Waals surface area contributed by atoms with Crippen molar-refractivity contribution in [1.29, 1.82) is 0 Å². The number of aliphatic hydroxyl groups excluding tert-OH is 1. The van der Waals surface area contributed by atoms with Crippen LogP contribution in [-0.4, -0.2) is 28.0 Å². The van der Waals surface area contributed by atoms with E-state index in [1.807, 2.05) is 24.3 Å². The third-order valence-corrected chi connectivity index (χ3v) is 4.14. The number of anilines is 1. The lowest BCUT2D eigenvalue weighted by atomic mass is 10.2. The highest BCUT2D eigenvalue weighted by atomic mass is 35.5. The lowest BCUT2D eigenvalue weighted by Crippen LogP contribution is -2.19. The van der Waals surface area contributed by atoms with Crippen LogP contribution in [0.1, 0.15) is 30.3 Å². The summed E-state index contributed by atoms with van der Waals surface area (Å²) >= 11 is 7.42. The maximum atomic E-state index is 8.98. The van der Waals surface area contributed by atoms with Gasteiger partial charge in [-0.15, -0.1) is 10.2 Å². The van der Waals surface area contributed by atoms with E-state index in [9.17, 15) is 0 Å². The molecule has 1 atom stereocenters. The van der Waals surface area contributed by atoms with Gasteiger partial charge in [-0.1, -0.05) is 42.0 Å². The minimum atomic E-state index is 0.182. The first-order chi connectivity index (χ1) is 9.71. The van der Waals surface area contributed by atoms with Gasteiger partial charge in [0, 0.05) is 24.1 Å². The van der Waals surface area contributed by atoms with Gasteiger partial charge < -0.3 is 10.4 Å². The van der Waals surface area contributed by atoms with Crippen molar-refractivity contribution in [2.45, 2.75) is 32.2 Å². The fourth-order valence-corrected chi connectivity index (χ4v) is 2.85. The Kier molecular flexibility index (Phi) is 5.76. The summed E-state index contributed by atoms with van der Waals surface area (Å²) < 4.78 is 0. The lowest BCUT2D eigenvalue weighted by Gasteiger charge is -2.13. The average molecular weight is 312 g/mol. The molecule has 0 radical (unpaired) electrons. The maximum absolute atomic E-state index is 8.98.